The third-order valence-electron chi connectivity index (χ3n) is 6.25. The van der Waals surface area contributed by atoms with Gasteiger partial charge in [-0.15, -0.1) is 10.2 Å². The molecule has 2 aliphatic rings. The molecule has 3 heterocycles. The van der Waals surface area contributed by atoms with Crippen molar-refractivity contribution in [2.75, 3.05) is 50.8 Å². The van der Waals surface area contributed by atoms with Crippen LogP contribution in [0, 0.1) is 0 Å². The molecule has 7 heteroatoms. The number of aromatic nitrogens is 2. The average molecular weight is 424 g/mol. The molecule has 166 valence electrons. The van der Waals surface area contributed by atoms with Gasteiger partial charge in [-0.05, 0) is 57.0 Å². The molecule has 31 heavy (non-hydrogen) atoms. The molecule has 0 saturated carbocycles. The summed E-state index contributed by atoms with van der Waals surface area (Å²) >= 11 is 0. The van der Waals surface area contributed by atoms with Gasteiger partial charge in [0.2, 0.25) is 0 Å². The number of ether oxygens (including phenoxy) is 1. The summed E-state index contributed by atoms with van der Waals surface area (Å²) in [5.74, 6) is 0.829. The third kappa shape index (κ3) is 5.80. The first kappa shape index (κ1) is 21.7. The second-order valence-electron chi connectivity index (χ2n) is 8.45. The topological polar surface area (TPSA) is 70.6 Å². The van der Waals surface area contributed by atoms with Gasteiger partial charge in [0.25, 0.3) is 5.91 Å². The highest BCUT2D eigenvalue weighted by atomic mass is 16.5. The van der Waals surface area contributed by atoms with Gasteiger partial charge in [0.1, 0.15) is 0 Å². The lowest BCUT2D eigenvalue weighted by Crippen LogP contribution is -2.39. The normalized spacial score (nSPS) is 19.9. The van der Waals surface area contributed by atoms with Crippen molar-refractivity contribution in [3.63, 3.8) is 0 Å². The molecular weight excluding hydrogens is 390 g/mol. The van der Waals surface area contributed by atoms with Crippen molar-refractivity contribution in [2.24, 2.45) is 0 Å². The van der Waals surface area contributed by atoms with Crippen LogP contribution in [-0.2, 0) is 4.74 Å². The summed E-state index contributed by atoms with van der Waals surface area (Å²) in [6.07, 6.45) is 4.89. The van der Waals surface area contributed by atoms with Crippen LogP contribution in [0.2, 0.25) is 0 Å². The molecule has 4 rings (SSSR count). The number of nitrogens with zero attached hydrogens (tertiary/aromatic N) is 4. The number of morpholine rings is 1. The fraction of sp³-hybridized carbons (Fsp3) is 0.542. The Labute approximate surface area is 184 Å². The van der Waals surface area contributed by atoms with E-state index in [4.69, 9.17) is 4.74 Å². The zero-order valence-corrected chi connectivity index (χ0v) is 18.4. The van der Waals surface area contributed by atoms with Gasteiger partial charge >= 0.3 is 0 Å². The van der Waals surface area contributed by atoms with Crippen molar-refractivity contribution < 1.29 is 9.53 Å². The van der Waals surface area contributed by atoms with E-state index in [-0.39, 0.29) is 5.91 Å². The molecule has 2 fully saturated rings. The third-order valence-corrected chi connectivity index (χ3v) is 6.25. The van der Waals surface area contributed by atoms with Crippen LogP contribution in [0.5, 0.6) is 0 Å². The van der Waals surface area contributed by atoms with Crippen molar-refractivity contribution >= 4 is 11.7 Å². The van der Waals surface area contributed by atoms with Gasteiger partial charge in [-0.2, -0.15) is 0 Å². The van der Waals surface area contributed by atoms with Gasteiger partial charge in [0, 0.05) is 43.3 Å². The van der Waals surface area contributed by atoms with Gasteiger partial charge in [-0.25, -0.2) is 0 Å². The summed E-state index contributed by atoms with van der Waals surface area (Å²) in [7, 11) is 0. The Morgan fingerprint density at radius 1 is 1.13 bits per heavy atom. The number of benzene rings is 1. The van der Waals surface area contributed by atoms with Crippen LogP contribution in [0.3, 0.4) is 0 Å². The lowest BCUT2D eigenvalue weighted by Gasteiger charge is -2.33. The van der Waals surface area contributed by atoms with Gasteiger partial charge in [0.05, 0.1) is 18.9 Å². The zero-order chi connectivity index (χ0) is 21.5. The first-order valence-corrected chi connectivity index (χ1v) is 11.5. The van der Waals surface area contributed by atoms with Crippen LogP contribution in [0.15, 0.2) is 36.4 Å². The number of anilines is 1. The van der Waals surface area contributed by atoms with Crippen molar-refractivity contribution in [2.45, 2.75) is 38.6 Å². The highest BCUT2D eigenvalue weighted by molar-refractivity contribution is 5.95. The Bertz CT molecular complexity index is 851. The van der Waals surface area contributed by atoms with Gasteiger partial charge in [-0.1, -0.05) is 18.6 Å². The molecule has 2 aliphatic heterocycles. The predicted octanol–water partition coefficient (Wildman–Crippen LogP) is 2.97. The standard InChI is InChI=1S/C24H33N5O2/c1-19-6-2-3-12-28(19)13-5-11-25-24(30)21-8-4-7-20(18-21)22-9-10-23(27-26-22)29-14-16-31-17-15-29/h4,7-10,18-19H,2-3,5-6,11-17H2,1H3,(H,25,30). The number of hydrogen-bond acceptors (Lipinski definition) is 6. The highest BCUT2D eigenvalue weighted by Gasteiger charge is 2.17. The number of piperidine rings is 1. The molecule has 1 atom stereocenters. The van der Waals surface area contributed by atoms with E-state index >= 15 is 0 Å². The number of rotatable bonds is 7. The second kappa shape index (κ2) is 10.7. The number of carbonyl (C=O) groups excluding carboxylic acids is 1. The number of hydrogen-bond donors (Lipinski definition) is 1. The van der Waals surface area contributed by atoms with E-state index in [9.17, 15) is 4.79 Å². The van der Waals surface area contributed by atoms with Gasteiger partial charge < -0.3 is 19.9 Å². The lowest BCUT2D eigenvalue weighted by molar-refractivity contribution is 0.0949. The van der Waals surface area contributed by atoms with Crippen LogP contribution in [-0.4, -0.2) is 73.0 Å². The van der Waals surface area contributed by atoms with Crippen LogP contribution in [0.1, 0.15) is 43.0 Å². The Balaban J connectivity index is 1.30. The molecule has 0 radical (unpaired) electrons. The van der Waals surface area contributed by atoms with E-state index in [1.54, 1.807) is 0 Å². The Kier molecular flexibility index (Phi) is 7.48. The van der Waals surface area contributed by atoms with Crippen molar-refractivity contribution in [3.8, 4) is 11.3 Å². The first-order valence-electron chi connectivity index (χ1n) is 11.5. The summed E-state index contributed by atoms with van der Waals surface area (Å²) in [5.41, 5.74) is 2.32. The SMILES string of the molecule is CC1CCCCN1CCCNC(=O)c1cccc(-c2ccc(N3CCOCC3)nn2)c1. The molecule has 2 saturated heterocycles. The van der Waals surface area contributed by atoms with E-state index in [1.165, 1.54) is 25.8 Å². The minimum atomic E-state index is -0.0357. The molecule has 7 nitrogen and oxygen atoms in total. The van der Waals surface area contributed by atoms with Crippen molar-refractivity contribution in [1.82, 2.24) is 20.4 Å². The van der Waals surface area contributed by atoms with E-state index in [1.807, 2.05) is 36.4 Å². The summed E-state index contributed by atoms with van der Waals surface area (Å²) in [5, 5.41) is 11.8. The Morgan fingerprint density at radius 2 is 2.00 bits per heavy atom. The minimum Gasteiger partial charge on any atom is -0.378 e. The Hall–Kier alpha value is -2.51. The maximum Gasteiger partial charge on any atom is 0.251 e. The van der Waals surface area contributed by atoms with E-state index < -0.39 is 0 Å². The van der Waals surface area contributed by atoms with Gasteiger partial charge in [0.15, 0.2) is 5.82 Å². The largest absolute Gasteiger partial charge is 0.378 e. The predicted molar refractivity (Wildman–Crippen MR) is 122 cm³/mol. The molecule has 1 N–H and O–H groups in total. The molecule has 0 spiro atoms. The highest BCUT2D eigenvalue weighted by Crippen LogP contribution is 2.20. The molecule has 0 bridgehead atoms. The molecule has 1 aromatic carbocycles. The van der Waals surface area contributed by atoms with E-state index in [2.05, 4.69) is 32.2 Å². The second-order valence-corrected chi connectivity index (χ2v) is 8.45. The lowest BCUT2D eigenvalue weighted by atomic mass is 10.0. The summed E-state index contributed by atoms with van der Waals surface area (Å²) in [6.45, 7) is 8.34. The number of amides is 1. The Morgan fingerprint density at radius 3 is 2.77 bits per heavy atom. The maximum absolute atomic E-state index is 12.6. The average Bonchev–Trinajstić information content (AvgIpc) is 2.83. The molecular formula is C24H33N5O2. The molecule has 1 amide bonds. The van der Waals surface area contributed by atoms with Crippen molar-refractivity contribution in [1.29, 1.82) is 0 Å². The molecule has 2 aromatic rings. The van der Waals surface area contributed by atoms with Crippen LogP contribution in [0.25, 0.3) is 11.3 Å². The number of carbonyl (C=O) groups is 1. The van der Waals surface area contributed by atoms with Crippen LogP contribution >= 0.6 is 0 Å². The number of nitrogens with one attached hydrogen (secondary N) is 1. The smallest absolute Gasteiger partial charge is 0.251 e. The van der Waals surface area contributed by atoms with E-state index in [0.717, 1.165) is 56.3 Å². The molecule has 0 aliphatic carbocycles. The minimum absolute atomic E-state index is 0.0357. The maximum atomic E-state index is 12.6. The summed E-state index contributed by atoms with van der Waals surface area (Å²) in [6, 6.07) is 12.2. The quantitative estimate of drug-likeness (QED) is 0.691. The first-order chi connectivity index (χ1) is 15.2. The monoisotopic (exact) mass is 423 g/mol. The van der Waals surface area contributed by atoms with Crippen LogP contribution in [0.4, 0.5) is 5.82 Å². The van der Waals surface area contributed by atoms with Crippen LogP contribution < -0.4 is 10.2 Å². The molecule has 1 unspecified atom stereocenters. The van der Waals surface area contributed by atoms with E-state index in [0.29, 0.717) is 18.2 Å². The fourth-order valence-corrected chi connectivity index (χ4v) is 4.34. The number of likely N-dealkylation sites (tertiary alicyclic amines) is 1. The molecule has 1 aromatic heterocycles. The summed E-state index contributed by atoms with van der Waals surface area (Å²) in [4.78, 5) is 17.3. The fourth-order valence-electron chi connectivity index (χ4n) is 4.34. The van der Waals surface area contributed by atoms with Gasteiger partial charge in [-0.3, -0.25) is 4.79 Å². The van der Waals surface area contributed by atoms with Crippen molar-refractivity contribution in [3.05, 3.63) is 42.0 Å². The summed E-state index contributed by atoms with van der Waals surface area (Å²) < 4.78 is 5.39. The zero-order valence-electron chi connectivity index (χ0n) is 18.4.